The topological polar surface area (TPSA) is 67.7 Å². The minimum absolute atomic E-state index is 0.00105. The van der Waals surface area contributed by atoms with E-state index < -0.39 is 0 Å². The summed E-state index contributed by atoms with van der Waals surface area (Å²) in [4.78, 5) is 35.3. The molecule has 2 aromatic rings. The Hall–Kier alpha value is -2.71. The van der Waals surface area contributed by atoms with Gasteiger partial charge in [0.2, 0.25) is 5.91 Å². The van der Waals surface area contributed by atoms with Crippen LogP contribution < -0.4 is 4.74 Å². The fourth-order valence-electron chi connectivity index (χ4n) is 6.32. The van der Waals surface area contributed by atoms with E-state index in [0.717, 1.165) is 93.5 Å². The summed E-state index contributed by atoms with van der Waals surface area (Å²) >= 11 is 0. The molecule has 0 saturated carbocycles. The fourth-order valence-corrected chi connectivity index (χ4v) is 6.32. The number of quaternary nitrogens is 1. The number of likely N-dealkylation sites (tertiary alicyclic amines) is 1. The summed E-state index contributed by atoms with van der Waals surface area (Å²) in [7, 11) is 8.65. The van der Waals surface area contributed by atoms with Crippen molar-refractivity contribution in [2.24, 2.45) is 13.0 Å². The van der Waals surface area contributed by atoms with Crippen molar-refractivity contribution in [2.75, 3.05) is 60.5 Å². The van der Waals surface area contributed by atoms with E-state index in [1.807, 2.05) is 24.0 Å². The van der Waals surface area contributed by atoms with Crippen molar-refractivity contribution < 1.29 is 18.8 Å². The lowest BCUT2D eigenvalue weighted by Crippen LogP contribution is -2.44. The largest absolute Gasteiger partial charge is 0.493 e. The zero-order chi connectivity index (χ0) is 28.7. The summed E-state index contributed by atoms with van der Waals surface area (Å²) in [5.74, 6) is 2.06. The van der Waals surface area contributed by atoms with Gasteiger partial charge in [-0.25, -0.2) is 4.98 Å². The number of carbonyl (C=O) groups excluding carboxylic acids is 2. The molecule has 8 nitrogen and oxygen atoms in total. The number of carbonyl (C=O) groups is 2. The average molecular weight is 553 g/mol. The molecule has 40 heavy (non-hydrogen) atoms. The predicted molar refractivity (Wildman–Crippen MR) is 158 cm³/mol. The lowest BCUT2D eigenvalue weighted by molar-refractivity contribution is -0.870. The highest BCUT2D eigenvalue weighted by Crippen LogP contribution is 2.40. The fraction of sp³-hybridized carbons (Fsp3) is 0.656. The molecule has 3 heterocycles. The maximum Gasteiger partial charge on any atom is 0.236 e. The molecule has 1 fully saturated rings. The van der Waals surface area contributed by atoms with E-state index in [1.54, 1.807) is 0 Å². The number of unbranched alkanes of at least 4 members (excludes halogenated alkanes) is 2. The number of hydrogen-bond acceptors (Lipinski definition) is 5. The van der Waals surface area contributed by atoms with Gasteiger partial charge < -0.3 is 23.5 Å². The summed E-state index contributed by atoms with van der Waals surface area (Å²) < 4.78 is 8.72. The molecular formula is C32H50N5O3+. The Bertz CT molecular complexity index is 1120. The molecule has 0 spiro atoms. The number of aldehydes is 1. The second-order valence-corrected chi connectivity index (χ2v) is 12.7. The van der Waals surface area contributed by atoms with Crippen LogP contribution in [0.15, 0.2) is 30.6 Å². The Kier molecular flexibility index (Phi) is 10.4. The maximum absolute atomic E-state index is 13.8. The summed E-state index contributed by atoms with van der Waals surface area (Å²) in [6.45, 7) is 6.67. The van der Waals surface area contributed by atoms with Gasteiger partial charge in [-0.2, -0.15) is 0 Å². The van der Waals surface area contributed by atoms with Crippen LogP contribution in [0.5, 0.6) is 5.75 Å². The average Bonchev–Trinajstić information content (AvgIpc) is 3.64. The monoisotopic (exact) mass is 552 g/mol. The number of imidazole rings is 1. The van der Waals surface area contributed by atoms with Gasteiger partial charge in [0.05, 0.1) is 40.8 Å². The lowest BCUT2D eigenvalue weighted by atomic mass is 9.84. The Morgan fingerprint density at radius 1 is 1.20 bits per heavy atom. The third-order valence-corrected chi connectivity index (χ3v) is 8.67. The summed E-state index contributed by atoms with van der Waals surface area (Å²) in [6.07, 6.45) is 11.6. The molecule has 1 aromatic heterocycles. The standard InChI is InChI=1S/C32H50N5O3/c1-6-7-16-35(17-8-9-19-37(3,4)5)32(39)23-36-22-27(25-10-12-30-26(21-25)14-20-40-30)28(24-38)29(36)11-13-31-33-15-18-34(31)2/h10,12,15,18,21,24,27-29H,6-9,11,13-14,16-17,19-20,22-23H2,1-5H3/q+1/t27-,28-,29+/m1/s1. The highest BCUT2D eigenvalue weighted by molar-refractivity contribution is 5.78. The van der Waals surface area contributed by atoms with Gasteiger partial charge in [-0.3, -0.25) is 9.69 Å². The van der Waals surface area contributed by atoms with Gasteiger partial charge in [0.1, 0.15) is 17.9 Å². The second-order valence-electron chi connectivity index (χ2n) is 12.7. The molecule has 4 rings (SSSR count). The molecule has 8 heteroatoms. The van der Waals surface area contributed by atoms with Gasteiger partial charge in [0.15, 0.2) is 0 Å². The van der Waals surface area contributed by atoms with E-state index in [1.165, 1.54) is 11.1 Å². The highest BCUT2D eigenvalue weighted by atomic mass is 16.5. The van der Waals surface area contributed by atoms with E-state index in [2.05, 4.69) is 61.0 Å². The zero-order valence-electron chi connectivity index (χ0n) is 25.3. The molecule has 3 atom stereocenters. The van der Waals surface area contributed by atoms with Crippen molar-refractivity contribution in [3.8, 4) is 5.75 Å². The molecule has 1 amide bonds. The number of aromatic nitrogens is 2. The number of nitrogens with zero attached hydrogens (tertiary/aromatic N) is 5. The van der Waals surface area contributed by atoms with Crippen LogP contribution in [0, 0.1) is 5.92 Å². The van der Waals surface area contributed by atoms with E-state index >= 15 is 0 Å². The van der Waals surface area contributed by atoms with E-state index in [0.29, 0.717) is 13.1 Å². The van der Waals surface area contributed by atoms with Crippen LogP contribution in [-0.4, -0.2) is 103 Å². The molecule has 0 aliphatic carbocycles. The van der Waals surface area contributed by atoms with Crippen molar-refractivity contribution in [3.63, 3.8) is 0 Å². The maximum atomic E-state index is 13.8. The van der Waals surface area contributed by atoms with Gasteiger partial charge in [0, 0.05) is 69.8 Å². The molecule has 2 aliphatic heterocycles. The van der Waals surface area contributed by atoms with Crippen LogP contribution in [-0.2, 0) is 29.5 Å². The summed E-state index contributed by atoms with van der Waals surface area (Å²) in [6, 6.07) is 6.40. The normalized spacial score (nSPS) is 20.9. The molecule has 1 saturated heterocycles. The Balaban J connectivity index is 1.51. The van der Waals surface area contributed by atoms with Crippen molar-refractivity contribution in [1.29, 1.82) is 0 Å². The molecule has 0 N–H and O–H groups in total. The van der Waals surface area contributed by atoms with Gasteiger partial charge in [-0.1, -0.05) is 25.5 Å². The molecule has 220 valence electrons. The smallest absolute Gasteiger partial charge is 0.236 e. The van der Waals surface area contributed by atoms with E-state index in [-0.39, 0.29) is 23.8 Å². The van der Waals surface area contributed by atoms with Gasteiger partial charge in [-0.05, 0) is 42.9 Å². The molecule has 0 unspecified atom stereocenters. The number of ether oxygens (including phenoxy) is 1. The van der Waals surface area contributed by atoms with Crippen LogP contribution in [0.25, 0.3) is 0 Å². The third-order valence-electron chi connectivity index (χ3n) is 8.67. The number of amides is 1. The minimum atomic E-state index is -0.165. The third kappa shape index (κ3) is 7.72. The zero-order valence-corrected chi connectivity index (χ0v) is 25.3. The number of benzene rings is 1. The van der Waals surface area contributed by atoms with Crippen molar-refractivity contribution in [1.82, 2.24) is 19.4 Å². The van der Waals surface area contributed by atoms with E-state index in [4.69, 9.17) is 4.74 Å². The van der Waals surface area contributed by atoms with Gasteiger partial charge in [0.25, 0.3) is 0 Å². The highest BCUT2D eigenvalue weighted by Gasteiger charge is 2.43. The molecule has 1 aromatic carbocycles. The van der Waals surface area contributed by atoms with Crippen LogP contribution in [0.3, 0.4) is 0 Å². The number of hydrogen-bond donors (Lipinski definition) is 0. The number of rotatable bonds is 15. The Labute approximate surface area is 240 Å². The molecule has 0 bridgehead atoms. The lowest BCUT2D eigenvalue weighted by Gasteiger charge is -2.30. The van der Waals surface area contributed by atoms with Crippen molar-refractivity contribution in [2.45, 2.75) is 63.8 Å². The van der Waals surface area contributed by atoms with Crippen LogP contribution in [0.1, 0.15) is 61.9 Å². The molecule has 2 aliphatic rings. The molecular weight excluding hydrogens is 502 g/mol. The first-order chi connectivity index (χ1) is 19.2. The van der Waals surface area contributed by atoms with Crippen LogP contribution in [0.2, 0.25) is 0 Å². The number of fused-ring (bicyclic) bond motifs is 1. The van der Waals surface area contributed by atoms with Crippen LogP contribution in [0.4, 0.5) is 0 Å². The quantitative estimate of drug-likeness (QED) is 0.192. The Morgan fingerprint density at radius 3 is 2.70 bits per heavy atom. The molecule has 0 radical (unpaired) electrons. The Morgan fingerprint density at radius 2 is 2.00 bits per heavy atom. The van der Waals surface area contributed by atoms with Crippen molar-refractivity contribution in [3.05, 3.63) is 47.5 Å². The van der Waals surface area contributed by atoms with E-state index in [9.17, 15) is 9.59 Å². The summed E-state index contributed by atoms with van der Waals surface area (Å²) in [5.41, 5.74) is 2.40. The van der Waals surface area contributed by atoms with Gasteiger partial charge in [-0.15, -0.1) is 0 Å². The SMILES string of the molecule is CCCCN(CCCC[N+](C)(C)C)C(=O)CN1C[C@H](c2ccc3c(c2)CCO3)[C@@H](C=O)[C@@H]1CCc1nccn1C. The first-order valence-electron chi connectivity index (χ1n) is 15.2. The summed E-state index contributed by atoms with van der Waals surface area (Å²) in [5, 5.41) is 0. The van der Waals surface area contributed by atoms with Crippen molar-refractivity contribution >= 4 is 12.2 Å². The van der Waals surface area contributed by atoms with Crippen LogP contribution >= 0.6 is 0 Å². The second kappa shape index (κ2) is 13.8. The first kappa shape index (κ1) is 30.3. The minimum Gasteiger partial charge on any atom is -0.493 e. The van der Waals surface area contributed by atoms with Gasteiger partial charge >= 0.3 is 0 Å². The first-order valence-corrected chi connectivity index (χ1v) is 15.2. The predicted octanol–water partition coefficient (Wildman–Crippen LogP) is 3.69. The number of aryl methyl sites for hydroxylation is 2.